The lowest BCUT2D eigenvalue weighted by atomic mass is 9.92. The Morgan fingerprint density at radius 2 is 2.32 bits per heavy atom. The van der Waals surface area contributed by atoms with Crippen molar-refractivity contribution in [3.05, 3.63) is 34.1 Å². The van der Waals surface area contributed by atoms with Gasteiger partial charge in [0.1, 0.15) is 5.82 Å². The van der Waals surface area contributed by atoms with Crippen molar-refractivity contribution in [2.24, 2.45) is 11.7 Å². The quantitative estimate of drug-likeness (QED) is 0.907. The van der Waals surface area contributed by atoms with Gasteiger partial charge in [0.2, 0.25) is 0 Å². The molecule has 1 aromatic carbocycles. The molecule has 3 nitrogen and oxygen atoms in total. The maximum Gasteiger partial charge on any atom is 0.256 e. The van der Waals surface area contributed by atoms with Crippen molar-refractivity contribution in [3.63, 3.8) is 0 Å². The van der Waals surface area contributed by atoms with Crippen LogP contribution in [0.5, 0.6) is 0 Å². The van der Waals surface area contributed by atoms with Gasteiger partial charge < -0.3 is 10.6 Å². The summed E-state index contributed by atoms with van der Waals surface area (Å²) in [5.74, 6) is -0.423. The molecule has 104 valence electrons. The molecule has 1 aliphatic heterocycles. The molecule has 1 heterocycles. The molecule has 1 saturated heterocycles. The van der Waals surface area contributed by atoms with Crippen molar-refractivity contribution in [2.45, 2.75) is 25.8 Å². The van der Waals surface area contributed by atoms with E-state index in [2.05, 4.69) is 15.9 Å². The smallest absolute Gasteiger partial charge is 0.256 e. The van der Waals surface area contributed by atoms with Crippen LogP contribution >= 0.6 is 15.9 Å². The van der Waals surface area contributed by atoms with Crippen molar-refractivity contribution in [2.75, 3.05) is 13.1 Å². The van der Waals surface area contributed by atoms with Gasteiger partial charge in [-0.3, -0.25) is 4.79 Å². The number of nitrogens with two attached hydrogens (primary N) is 1. The van der Waals surface area contributed by atoms with E-state index in [1.54, 1.807) is 11.0 Å². The number of nitrogens with zero attached hydrogens (tertiary/aromatic N) is 1. The fourth-order valence-corrected chi connectivity index (χ4v) is 2.82. The maximum absolute atomic E-state index is 13.7. The van der Waals surface area contributed by atoms with Gasteiger partial charge in [-0.2, -0.15) is 0 Å². The number of amides is 1. The van der Waals surface area contributed by atoms with Crippen LogP contribution in [0.25, 0.3) is 0 Å². The fraction of sp³-hybridized carbons (Fsp3) is 0.500. The summed E-state index contributed by atoms with van der Waals surface area (Å²) in [5.41, 5.74) is 6.03. The molecule has 2 rings (SSSR count). The van der Waals surface area contributed by atoms with Crippen LogP contribution in [0.1, 0.15) is 30.1 Å². The molecule has 0 spiro atoms. The Morgan fingerprint density at radius 1 is 1.58 bits per heavy atom. The number of benzene rings is 1. The first-order chi connectivity index (χ1) is 8.99. The van der Waals surface area contributed by atoms with Crippen LogP contribution in [-0.2, 0) is 0 Å². The van der Waals surface area contributed by atoms with Gasteiger partial charge in [-0.25, -0.2) is 4.39 Å². The second kappa shape index (κ2) is 6.01. The predicted molar refractivity (Wildman–Crippen MR) is 76.4 cm³/mol. The van der Waals surface area contributed by atoms with Gasteiger partial charge >= 0.3 is 0 Å². The Hall–Kier alpha value is -0.940. The number of hydrogen-bond acceptors (Lipinski definition) is 2. The third kappa shape index (κ3) is 3.34. The second-order valence-corrected chi connectivity index (χ2v) is 6.05. The van der Waals surface area contributed by atoms with Gasteiger partial charge in [-0.15, -0.1) is 0 Å². The van der Waals surface area contributed by atoms with Crippen LogP contribution in [-0.4, -0.2) is 29.9 Å². The molecule has 2 atom stereocenters. The Labute approximate surface area is 121 Å². The zero-order valence-corrected chi connectivity index (χ0v) is 12.5. The predicted octanol–water partition coefficient (Wildman–Crippen LogP) is 2.79. The summed E-state index contributed by atoms with van der Waals surface area (Å²) in [4.78, 5) is 14.1. The number of carbonyl (C=O) groups is 1. The molecule has 1 aliphatic rings. The number of halogens is 2. The van der Waals surface area contributed by atoms with Gasteiger partial charge in [-0.1, -0.05) is 15.9 Å². The van der Waals surface area contributed by atoms with Crippen LogP contribution in [0, 0.1) is 11.7 Å². The van der Waals surface area contributed by atoms with E-state index in [4.69, 9.17) is 5.73 Å². The Morgan fingerprint density at radius 3 is 3.00 bits per heavy atom. The molecule has 5 heteroatoms. The molecular weight excluding hydrogens is 311 g/mol. The van der Waals surface area contributed by atoms with Crippen LogP contribution < -0.4 is 5.73 Å². The lowest BCUT2D eigenvalue weighted by Crippen LogP contribution is -2.45. The van der Waals surface area contributed by atoms with E-state index < -0.39 is 5.82 Å². The highest BCUT2D eigenvalue weighted by Gasteiger charge is 2.27. The molecule has 1 fully saturated rings. The molecular formula is C14H18BrFN2O. The van der Waals surface area contributed by atoms with Crippen LogP contribution in [0.3, 0.4) is 0 Å². The molecule has 1 amide bonds. The molecule has 1 aromatic rings. The van der Waals surface area contributed by atoms with Crippen LogP contribution in [0.2, 0.25) is 0 Å². The van der Waals surface area contributed by atoms with Crippen molar-refractivity contribution < 1.29 is 9.18 Å². The van der Waals surface area contributed by atoms with E-state index in [1.807, 2.05) is 6.92 Å². The topological polar surface area (TPSA) is 46.3 Å². The first-order valence-electron chi connectivity index (χ1n) is 6.49. The maximum atomic E-state index is 13.7. The lowest BCUT2D eigenvalue weighted by Gasteiger charge is -2.34. The first kappa shape index (κ1) is 14.5. The molecule has 0 unspecified atom stereocenters. The SMILES string of the molecule is C[C@H](N)[C@@H]1CCCN(C(=O)c2cc(Br)ccc2F)C1. The average molecular weight is 329 g/mol. The summed E-state index contributed by atoms with van der Waals surface area (Å²) in [6, 6.07) is 4.49. The summed E-state index contributed by atoms with van der Waals surface area (Å²) in [5, 5.41) is 0. The molecule has 2 N–H and O–H groups in total. The lowest BCUT2D eigenvalue weighted by molar-refractivity contribution is 0.0656. The van der Waals surface area contributed by atoms with Crippen molar-refractivity contribution in [1.82, 2.24) is 4.90 Å². The van der Waals surface area contributed by atoms with E-state index in [0.717, 1.165) is 12.8 Å². The highest BCUT2D eigenvalue weighted by atomic mass is 79.9. The standard InChI is InChI=1S/C14H18BrFN2O/c1-9(17)10-3-2-6-18(8-10)14(19)12-7-11(15)4-5-13(12)16/h4-5,7,9-10H,2-3,6,8,17H2,1H3/t9-,10+/m0/s1. The minimum atomic E-state index is -0.476. The van der Waals surface area contributed by atoms with Gasteiger partial charge in [0, 0.05) is 23.6 Å². The fourth-order valence-electron chi connectivity index (χ4n) is 2.46. The summed E-state index contributed by atoms with van der Waals surface area (Å²) in [6.45, 7) is 3.24. The monoisotopic (exact) mass is 328 g/mol. The van der Waals surface area contributed by atoms with Gasteiger partial charge in [0.25, 0.3) is 5.91 Å². The zero-order valence-electron chi connectivity index (χ0n) is 10.9. The van der Waals surface area contributed by atoms with E-state index in [9.17, 15) is 9.18 Å². The third-order valence-corrected chi connectivity index (χ3v) is 4.14. The normalized spacial score (nSPS) is 21.3. The number of carbonyl (C=O) groups excluding carboxylic acids is 1. The number of piperidine rings is 1. The van der Waals surface area contributed by atoms with Crippen molar-refractivity contribution in [3.8, 4) is 0 Å². The summed E-state index contributed by atoms with van der Waals surface area (Å²) < 4.78 is 14.4. The molecule has 0 saturated carbocycles. The molecule has 19 heavy (non-hydrogen) atoms. The largest absolute Gasteiger partial charge is 0.338 e. The Balaban J connectivity index is 2.17. The second-order valence-electron chi connectivity index (χ2n) is 5.14. The molecule has 0 aliphatic carbocycles. The zero-order chi connectivity index (χ0) is 14.0. The van der Waals surface area contributed by atoms with Gasteiger partial charge in [-0.05, 0) is 43.9 Å². The summed E-state index contributed by atoms with van der Waals surface area (Å²) >= 11 is 3.27. The number of hydrogen-bond donors (Lipinski definition) is 1. The highest BCUT2D eigenvalue weighted by molar-refractivity contribution is 9.10. The summed E-state index contributed by atoms with van der Waals surface area (Å²) in [6.07, 6.45) is 1.95. The molecule has 0 radical (unpaired) electrons. The first-order valence-corrected chi connectivity index (χ1v) is 7.28. The van der Waals surface area contributed by atoms with E-state index >= 15 is 0 Å². The molecule has 0 aromatic heterocycles. The Kier molecular flexibility index (Phi) is 4.58. The Bertz CT molecular complexity index is 479. The van der Waals surface area contributed by atoms with Crippen LogP contribution in [0.15, 0.2) is 22.7 Å². The number of rotatable bonds is 2. The minimum absolute atomic E-state index is 0.0583. The van der Waals surface area contributed by atoms with E-state index in [-0.39, 0.29) is 17.5 Å². The average Bonchev–Trinajstić information content (AvgIpc) is 2.41. The minimum Gasteiger partial charge on any atom is -0.338 e. The number of likely N-dealkylation sites (tertiary alicyclic amines) is 1. The van der Waals surface area contributed by atoms with Gasteiger partial charge in [0.05, 0.1) is 5.56 Å². The van der Waals surface area contributed by atoms with Crippen molar-refractivity contribution in [1.29, 1.82) is 0 Å². The van der Waals surface area contributed by atoms with Gasteiger partial charge in [0.15, 0.2) is 0 Å². The highest BCUT2D eigenvalue weighted by Crippen LogP contribution is 2.23. The van der Waals surface area contributed by atoms with E-state index in [0.29, 0.717) is 23.5 Å². The van der Waals surface area contributed by atoms with E-state index in [1.165, 1.54) is 12.1 Å². The third-order valence-electron chi connectivity index (χ3n) is 3.65. The van der Waals surface area contributed by atoms with Crippen LogP contribution in [0.4, 0.5) is 4.39 Å². The van der Waals surface area contributed by atoms with Crippen molar-refractivity contribution >= 4 is 21.8 Å². The molecule has 0 bridgehead atoms. The summed E-state index contributed by atoms with van der Waals surface area (Å²) in [7, 11) is 0.